The lowest BCUT2D eigenvalue weighted by atomic mass is 9.95. The number of nitrogens with one attached hydrogen (secondary N) is 1. The average molecular weight is 249 g/mol. The van der Waals surface area contributed by atoms with E-state index in [-0.39, 0.29) is 6.04 Å². The van der Waals surface area contributed by atoms with Crippen molar-refractivity contribution in [1.82, 2.24) is 5.32 Å². The fourth-order valence-corrected chi connectivity index (χ4v) is 2.57. The van der Waals surface area contributed by atoms with Gasteiger partial charge in [-0.1, -0.05) is 12.1 Å². The molecule has 1 unspecified atom stereocenters. The van der Waals surface area contributed by atoms with E-state index < -0.39 is 0 Å². The lowest BCUT2D eigenvalue weighted by Crippen LogP contribution is -2.20. The second kappa shape index (κ2) is 6.12. The van der Waals surface area contributed by atoms with E-state index in [4.69, 9.17) is 4.74 Å². The first-order valence-corrected chi connectivity index (χ1v) is 7.19. The Morgan fingerprint density at radius 3 is 2.59 bits per heavy atom. The Hall–Kier alpha value is -0.930. The third kappa shape index (κ3) is 3.05. The lowest BCUT2D eigenvalue weighted by molar-refractivity contribution is 0.220. The summed E-state index contributed by atoms with van der Waals surface area (Å²) < 4.78 is 5.43. The highest BCUT2D eigenvalue weighted by atomic mass is 32.2. The van der Waals surface area contributed by atoms with Crippen LogP contribution in [0.4, 0.5) is 0 Å². The summed E-state index contributed by atoms with van der Waals surface area (Å²) in [4.78, 5) is 1.30. The molecule has 1 N–H and O–H groups in total. The lowest BCUT2D eigenvalue weighted by Gasteiger charge is -2.23. The Bertz CT molecular complexity index is 386. The van der Waals surface area contributed by atoms with Crippen molar-refractivity contribution in [2.45, 2.75) is 23.8 Å². The van der Waals surface area contributed by atoms with Crippen molar-refractivity contribution in [3.05, 3.63) is 41.7 Å². The summed E-state index contributed by atoms with van der Waals surface area (Å²) in [5.41, 5.74) is 2.65. The van der Waals surface area contributed by atoms with Crippen LogP contribution in [-0.2, 0) is 4.74 Å². The Morgan fingerprint density at radius 2 is 2.06 bits per heavy atom. The van der Waals surface area contributed by atoms with Gasteiger partial charge in [0.1, 0.15) is 0 Å². The zero-order valence-corrected chi connectivity index (χ0v) is 11.2. The van der Waals surface area contributed by atoms with Crippen LogP contribution in [0.3, 0.4) is 0 Å². The SMILES string of the molecule is CNC(C1=COCCC1)c1ccc(SC)cc1. The summed E-state index contributed by atoms with van der Waals surface area (Å²) in [6.45, 7) is 0.853. The van der Waals surface area contributed by atoms with E-state index in [1.165, 1.54) is 16.0 Å². The minimum atomic E-state index is 0.284. The number of thioether (sulfide) groups is 1. The second-order valence-electron chi connectivity index (χ2n) is 4.16. The van der Waals surface area contributed by atoms with Gasteiger partial charge in [0, 0.05) is 4.90 Å². The highest BCUT2D eigenvalue weighted by Crippen LogP contribution is 2.28. The highest BCUT2D eigenvalue weighted by molar-refractivity contribution is 7.98. The molecule has 0 saturated carbocycles. The van der Waals surface area contributed by atoms with Crippen LogP contribution in [0, 0.1) is 0 Å². The molecule has 1 atom stereocenters. The quantitative estimate of drug-likeness (QED) is 0.827. The van der Waals surface area contributed by atoms with E-state index in [1.807, 2.05) is 13.3 Å². The van der Waals surface area contributed by atoms with Gasteiger partial charge in [-0.2, -0.15) is 0 Å². The average Bonchev–Trinajstić information content (AvgIpc) is 2.42. The molecule has 3 heteroatoms. The van der Waals surface area contributed by atoms with Crippen LogP contribution in [0.15, 0.2) is 41.0 Å². The smallest absolute Gasteiger partial charge is 0.0876 e. The van der Waals surface area contributed by atoms with Crippen molar-refractivity contribution in [1.29, 1.82) is 0 Å². The van der Waals surface area contributed by atoms with Crippen LogP contribution in [0.2, 0.25) is 0 Å². The maximum absolute atomic E-state index is 5.43. The van der Waals surface area contributed by atoms with E-state index >= 15 is 0 Å². The Kier molecular flexibility index (Phi) is 4.51. The highest BCUT2D eigenvalue weighted by Gasteiger charge is 2.17. The maximum Gasteiger partial charge on any atom is 0.0876 e. The van der Waals surface area contributed by atoms with Gasteiger partial charge in [0.15, 0.2) is 0 Å². The number of rotatable bonds is 4. The zero-order chi connectivity index (χ0) is 12.1. The molecule has 1 aromatic rings. The molecule has 2 nitrogen and oxygen atoms in total. The van der Waals surface area contributed by atoms with Crippen LogP contribution in [-0.4, -0.2) is 19.9 Å². The van der Waals surface area contributed by atoms with E-state index in [2.05, 4.69) is 35.8 Å². The molecule has 1 aromatic carbocycles. The van der Waals surface area contributed by atoms with Gasteiger partial charge in [-0.15, -0.1) is 11.8 Å². The Balaban J connectivity index is 2.18. The molecule has 0 spiro atoms. The molecule has 0 aromatic heterocycles. The van der Waals surface area contributed by atoms with Gasteiger partial charge in [-0.05, 0) is 49.4 Å². The molecule has 1 heterocycles. The van der Waals surface area contributed by atoms with Crippen molar-refractivity contribution in [3.63, 3.8) is 0 Å². The molecular weight excluding hydrogens is 230 g/mol. The predicted molar refractivity (Wildman–Crippen MR) is 73.3 cm³/mol. The number of likely N-dealkylation sites (N-methyl/N-ethyl adjacent to an activating group) is 1. The molecule has 0 bridgehead atoms. The molecule has 0 radical (unpaired) electrons. The first-order chi connectivity index (χ1) is 8.35. The molecule has 1 aliphatic heterocycles. The largest absolute Gasteiger partial charge is 0.501 e. The van der Waals surface area contributed by atoms with Crippen molar-refractivity contribution >= 4 is 11.8 Å². The first kappa shape index (κ1) is 12.5. The van der Waals surface area contributed by atoms with Crippen LogP contribution in [0.25, 0.3) is 0 Å². The van der Waals surface area contributed by atoms with E-state index in [9.17, 15) is 0 Å². The maximum atomic E-state index is 5.43. The van der Waals surface area contributed by atoms with Gasteiger partial charge in [0.2, 0.25) is 0 Å². The number of hydrogen-bond acceptors (Lipinski definition) is 3. The molecule has 0 fully saturated rings. The third-order valence-electron chi connectivity index (χ3n) is 3.07. The third-order valence-corrected chi connectivity index (χ3v) is 3.81. The fraction of sp³-hybridized carbons (Fsp3) is 0.429. The summed E-state index contributed by atoms with van der Waals surface area (Å²) in [6, 6.07) is 9.03. The topological polar surface area (TPSA) is 21.3 Å². The summed E-state index contributed by atoms with van der Waals surface area (Å²) >= 11 is 1.77. The molecule has 92 valence electrons. The normalized spacial score (nSPS) is 17.2. The van der Waals surface area contributed by atoms with Crippen LogP contribution >= 0.6 is 11.8 Å². The molecule has 0 saturated heterocycles. The minimum absolute atomic E-state index is 0.284. The zero-order valence-electron chi connectivity index (χ0n) is 10.4. The van der Waals surface area contributed by atoms with Crippen molar-refractivity contribution in [2.24, 2.45) is 0 Å². The van der Waals surface area contributed by atoms with Crippen molar-refractivity contribution in [3.8, 4) is 0 Å². The molecule has 0 aliphatic carbocycles. The summed E-state index contributed by atoms with van der Waals surface area (Å²) in [6.07, 6.45) is 6.26. The summed E-state index contributed by atoms with van der Waals surface area (Å²) in [5, 5.41) is 3.37. The summed E-state index contributed by atoms with van der Waals surface area (Å²) in [7, 11) is 2.00. The van der Waals surface area contributed by atoms with Gasteiger partial charge in [0.25, 0.3) is 0 Å². The van der Waals surface area contributed by atoms with Gasteiger partial charge in [0.05, 0.1) is 18.9 Å². The van der Waals surface area contributed by atoms with E-state index in [0.717, 1.165) is 19.4 Å². The molecule has 17 heavy (non-hydrogen) atoms. The van der Waals surface area contributed by atoms with E-state index in [0.29, 0.717) is 0 Å². The summed E-state index contributed by atoms with van der Waals surface area (Å²) in [5.74, 6) is 0. The van der Waals surface area contributed by atoms with Crippen LogP contribution < -0.4 is 5.32 Å². The van der Waals surface area contributed by atoms with E-state index in [1.54, 1.807) is 11.8 Å². The Labute approximate surface area is 107 Å². The number of ether oxygens (including phenoxy) is 1. The monoisotopic (exact) mass is 249 g/mol. The van der Waals surface area contributed by atoms with Crippen LogP contribution in [0.1, 0.15) is 24.4 Å². The van der Waals surface area contributed by atoms with Crippen molar-refractivity contribution in [2.75, 3.05) is 19.9 Å². The molecule has 2 rings (SSSR count). The second-order valence-corrected chi connectivity index (χ2v) is 5.04. The molecule has 1 aliphatic rings. The molecule has 0 amide bonds. The van der Waals surface area contributed by atoms with Gasteiger partial charge >= 0.3 is 0 Å². The predicted octanol–water partition coefficient (Wildman–Crippen LogP) is 3.36. The van der Waals surface area contributed by atoms with Crippen LogP contribution in [0.5, 0.6) is 0 Å². The minimum Gasteiger partial charge on any atom is -0.501 e. The van der Waals surface area contributed by atoms with Gasteiger partial charge in [-0.25, -0.2) is 0 Å². The number of hydrogen-bond donors (Lipinski definition) is 1. The molecular formula is C14H19NOS. The first-order valence-electron chi connectivity index (χ1n) is 5.97. The van der Waals surface area contributed by atoms with Gasteiger partial charge < -0.3 is 10.1 Å². The fourth-order valence-electron chi connectivity index (χ4n) is 2.16. The van der Waals surface area contributed by atoms with Gasteiger partial charge in [-0.3, -0.25) is 0 Å². The standard InChI is InChI=1S/C14H19NOS/c1-15-14(12-4-3-9-16-10-12)11-5-7-13(17-2)8-6-11/h5-8,10,14-15H,3-4,9H2,1-2H3. The van der Waals surface area contributed by atoms with Crippen molar-refractivity contribution < 1.29 is 4.74 Å². The Morgan fingerprint density at radius 1 is 1.29 bits per heavy atom. The number of benzene rings is 1.